The first-order chi connectivity index (χ1) is 10.8. The number of carboxylic acids is 1. The molecule has 8 heteroatoms. The number of anilines is 1. The molecule has 1 unspecified atom stereocenters. The molecule has 1 fully saturated rings. The van der Waals surface area contributed by atoms with E-state index in [4.69, 9.17) is 5.11 Å². The molecule has 0 spiro atoms. The van der Waals surface area contributed by atoms with E-state index < -0.39 is 24.0 Å². The zero-order valence-corrected chi connectivity index (χ0v) is 12.6. The Hall–Kier alpha value is -2.61. The van der Waals surface area contributed by atoms with Crippen molar-refractivity contribution in [2.45, 2.75) is 31.4 Å². The number of carbonyl (C=O) groups excluding carboxylic acids is 2. The Labute approximate surface area is 132 Å². The summed E-state index contributed by atoms with van der Waals surface area (Å²) in [6, 6.07) is 6.11. The Balaban J connectivity index is 1.93. The number of hydrogen-bond acceptors (Lipinski definition) is 4. The molecule has 1 saturated carbocycles. The normalized spacial score (nSPS) is 16.1. The van der Waals surface area contributed by atoms with Crippen molar-refractivity contribution >= 4 is 23.6 Å². The molecule has 1 aromatic carbocycles. The van der Waals surface area contributed by atoms with Crippen molar-refractivity contribution in [2.75, 3.05) is 11.9 Å². The molecule has 0 saturated heterocycles. The van der Waals surface area contributed by atoms with Crippen LogP contribution in [0.3, 0.4) is 0 Å². The largest absolute Gasteiger partial charge is 0.479 e. The molecule has 124 valence electrons. The summed E-state index contributed by atoms with van der Waals surface area (Å²) in [5.74, 6) is -1.97. The lowest BCUT2D eigenvalue weighted by molar-refractivity contribution is -0.155. The minimum atomic E-state index is -2.05. The van der Waals surface area contributed by atoms with Gasteiger partial charge in [0.2, 0.25) is 0 Å². The summed E-state index contributed by atoms with van der Waals surface area (Å²) in [6.45, 7) is 0.663. The number of hydrogen-bond donors (Lipinski definition) is 5. The predicted octanol–water partition coefficient (Wildman–Crippen LogP) is 0.536. The van der Waals surface area contributed by atoms with Gasteiger partial charge in [-0.15, -0.1) is 0 Å². The SMILES string of the molecule is CC(O)(CNC(=O)c1cccc(NC(=O)NC2CC2)c1)C(=O)O. The Kier molecular flexibility index (Phi) is 4.85. The molecule has 1 aromatic rings. The first-order valence-corrected chi connectivity index (χ1v) is 7.19. The van der Waals surface area contributed by atoms with E-state index in [1.54, 1.807) is 12.1 Å². The van der Waals surface area contributed by atoms with Crippen molar-refractivity contribution in [3.05, 3.63) is 29.8 Å². The number of carbonyl (C=O) groups is 3. The van der Waals surface area contributed by atoms with Crippen LogP contribution in [0, 0.1) is 0 Å². The van der Waals surface area contributed by atoms with Crippen LogP contribution in [-0.2, 0) is 4.79 Å². The molecule has 0 bridgehead atoms. The van der Waals surface area contributed by atoms with Gasteiger partial charge in [-0.2, -0.15) is 0 Å². The third-order valence-electron chi connectivity index (χ3n) is 3.35. The molecule has 0 heterocycles. The lowest BCUT2D eigenvalue weighted by atomic mass is 10.1. The average Bonchev–Trinajstić information content (AvgIpc) is 3.28. The van der Waals surface area contributed by atoms with E-state index in [1.165, 1.54) is 12.1 Å². The van der Waals surface area contributed by atoms with Gasteiger partial charge in [-0.05, 0) is 38.0 Å². The molecular formula is C15H19N3O5. The first-order valence-electron chi connectivity index (χ1n) is 7.19. The van der Waals surface area contributed by atoms with Crippen molar-refractivity contribution in [3.8, 4) is 0 Å². The summed E-state index contributed by atoms with van der Waals surface area (Å²) in [5.41, 5.74) is -1.36. The highest BCUT2D eigenvalue weighted by Gasteiger charge is 2.30. The number of benzene rings is 1. The number of nitrogens with one attached hydrogen (secondary N) is 3. The third-order valence-corrected chi connectivity index (χ3v) is 3.35. The molecular weight excluding hydrogens is 302 g/mol. The van der Waals surface area contributed by atoms with Gasteiger partial charge in [0.1, 0.15) is 0 Å². The van der Waals surface area contributed by atoms with Crippen LogP contribution in [0.5, 0.6) is 0 Å². The van der Waals surface area contributed by atoms with Crippen molar-refractivity contribution in [1.29, 1.82) is 0 Å². The number of rotatable bonds is 6. The number of aliphatic carboxylic acids is 1. The van der Waals surface area contributed by atoms with Crippen LogP contribution < -0.4 is 16.0 Å². The predicted molar refractivity (Wildman–Crippen MR) is 82.2 cm³/mol. The molecule has 1 atom stereocenters. The fourth-order valence-electron chi connectivity index (χ4n) is 1.75. The molecule has 0 radical (unpaired) electrons. The Morgan fingerprint density at radius 2 is 2.00 bits per heavy atom. The Bertz CT molecular complexity index is 625. The van der Waals surface area contributed by atoms with Crippen LogP contribution in [0.15, 0.2) is 24.3 Å². The van der Waals surface area contributed by atoms with E-state index in [1.807, 2.05) is 0 Å². The zero-order valence-electron chi connectivity index (χ0n) is 12.6. The van der Waals surface area contributed by atoms with Gasteiger partial charge in [0, 0.05) is 17.3 Å². The molecule has 8 nitrogen and oxygen atoms in total. The second kappa shape index (κ2) is 6.66. The van der Waals surface area contributed by atoms with Crippen LogP contribution in [-0.4, -0.2) is 46.3 Å². The van der Waals surface area contributed by atoms with Gasteiger partial charge in [0.05, 0.1) is 6.54 Å². The maximum absolute atomic E-state index is 12.0. The van der Waals surface area contributed by atoms with Crippen molar-refractivity contribution < 1.29 is 24.6 Å². The molecule has 3 amide bonds. The minimum Gasteiger partial charge on any atom is -0.479 e. The molecule has 23 heavy (non-hydrogen) atoms. The Morgan fingerprint density at radius 3 is 2.61 bits per heavy atom. The van der Waals surface area contributed by atoms with Gasteiger partial charge in [0.25, 0.3) is 5.91 Å². The fourth-order valence-corrected chi connectivity index (χ4v) is 1.75. The number of amides is 3. The average molecular weight is 321 g/mol. The maximum Gasteiger partial charge on any atom is 0.337 e. The van der Waals surface area contributed by atoms with E-state index in [9.17, 15) is 19.5 Å². The van der Waals surface area contributed by atoms with Crippen LogP contribution in [0.2, 0.25) is 0 Å². The summed E-state index contributed by atoms with van der Waals surface area (Å²) in [4.78, 5) is 34.4. The number of carboxylic acid groups (broad SMARTS) is 1. The van der Waals surface area contributed by atoms with Gasteiger partial charge in [0.15, 0.2) is 5.60 Å². The second-order valence-corrected chi connectivity index (χ2v) is 5.72. The molecule has 2 rings (SSSR count). The molecule has 1 aliphatic carbocycles. The number of urea groups is 1. The quantitative estimate of drug-likeness (QED) is 0.522. The van der Waals surface area contributed by atoms with E-state index in [2.05, 4.69) is 16.0 Å². The zero-order chi connectivity index (χ0) is 17.0. The van der Waals surface area contributed by atoms with E-state index >= 15 is 0 Å². The lowest BCUT2D eigenvalue weighted by Crippen LogP contribution is -2.46. The van der Waals surface area contributed by atoms with Crippen LogP contribution in [0.25, 0.3) is 0 Å². The topological polar surface area (TPSA) is 128 Å². The van der Waals surface area contributed by atoms with Gasteiger partial charge in [-0.3, -0.25) is 4.79 Å². The van der Waals surface area contributed by atoms with Gasteiger partial charge in [-0.25, -0.2) is 9.59 Å². The number of aliphatic hydroxyl groups is 1. The lowest BCUT2D eigenvalue weighted by Gasteiger charge is -2.18. The second-order valence-electron chi connectivity index (χ2n) is 5.72. The summed E-state index contributed by atoms with van der Waals surface area (Å²) in [7, 11) is 0. The van der Waals surface area contributed by atoms with Crippen molar-refractivity contribution in [2.24, 2.45) is 0 Å². The third kappa shape index (κ3) is 4.96. The summed E-state index contributed by atoms with van der Waals surface area (Å²) in [6.07, 6.45) is 1.94. The Morgan fingerprint density at radius 1 is 1.30 bits per heavy atom. The minimum absolute atomic E-state index is 0.222. The highest BCUT2D eigenvalue weighted by Crippen LogP contribution is 2.19. The van der Waals surface area contributed by atoms with E-state index in [-0.39, 0.29) is 17.6 Å². The molecule has 0 aromatic heterocycles. The summed E-state index contributed by atoms with van der Waals surface area (Å²) in [5, 5.41) is 26.1. The summed E-state index contributed by atoms with van der Waals surface area (Å²) < 4.78 is 0. The van der Waals surface area contributed by atoms with E-state index in [0.717, 1.165) is 19.8 Å². The highest BCUT2D eigenvalue weighted by atomic mass is 16.4. The van der Waals surface area contributed by atoms with Crippen molar-refractivity contribution in [1.82, 2.24) is 10.6 Å². The van der Waals surface area contributed by atoms with Gasteiger partial charge in [-0.1, -0.05) is 6.07 Å². The summed E-state index contributed by atoms with van der Waals surface area (Å²) >= 11 is 0. The van der Waals surface area contributed by atoms with Gasteiger partial charge < -0.3 is 26.2 Å². The monoisotopic (exact) mass is 321 g/mol. The fraction of sp³-hybridized carbons (Fsp3) is 0.400. The van der Waals surface area contributed by atoms with Crippen LogP contribution in [0.4, 0.5) is 10.5 Å². The standard InChI is InChI=1S/C15H19N3O5/c1-15(23,13(20)21)8-16-12(19)9-3-2-4-11(7-9)18-14(22)17-10-5-6-10/h2-4,7,10,23H,5-6,8H2,1H3,(H,16,19)(H,20,21)(H2,17,18,22). The highest BCUT2D eigenvalue weighted by molar-refractivity contribution is 5.97. The smallest absolute Gasteiger partial charge is 0.337 e. The maximum atomic E-state index is 12.0. The van der Waals surface area contributed by atoms with Crippen molar-refractivity contribution in [3.63, 3.8) is 0 Å². The van der Waals surface area contributed by atoms with Crippen LogP contribution in [0.1, 0.15) is 30.1 Å². The molecule has 5 N–H and O–H groups in total. The van der Waals surface area contributed by atoms with Gasteiger partial charge >= 0.3 is 12.0 Å². The van der Waals surface area contributed by atoms with Crippen LogP contribution >= 0.6 is 0 Å². The molecule has 0 aliphatic heterocycles. The van der Waals surface area contributed by atoms with E-state index in [0.29, 0.717) is 5.69 Å². The molecule has 1 aliphatic rings. The first kappa shape index (κ1) is 16.8.